The van der Waals surface area contributed by atoms with Crippen LogP contribution < -0.4 is 11.1 Å². The molecule has 0 fully saturated rings. The van der Waals surface area contributed by atoms with Crippen molar-refractivity contribution in [2.45, 2.75) is 12.5 Å². The van der Waals surface area contributed by atoms with E-state index in [1.165, 1.54) is 6.07 Å². The van der Waals surface area contributed by atoms with Gasteiger partial charge in [0.15, 0.2) is 0 Å². The minimum atomic E-state index is -0.597. The molecule has 19 heavy (non-hydrogen) atoms. The first-order chi connectivity index (χ1) is 8.97. The first-order valence-electron chi connectivity index (χ1n) is 5.69. The maximum atomic E-state index is 11.9. The Morgan fingerprint density at radius 3 is 2.79 bits per heavy atom. The molecule has 1 aliphatic carbocycles. The number of benzene rings is 1. The van der Waals surface area contributed by atoms with Gasteiger partial charge in [-0.3, -0.25) is 14.9 Å². The van der Waals surface area contributed by atoms with Crippen LogP contribution in [0.15, 0.2) is 30.4 Å². The number of non-ortho nitro benzene ring substituents is 1. The zero-order chi connectivity index (χ0) is 14.0. The van der Waals surface area contributed by atoms with Crippen molar-refractivity contribution in [3.8, 4) is 5.75 Å². The Morgan fingerprint density at radius 1 is 1.47 bits per heavy atom. The minimum Gasteiger partial charge on any atom is -0.506 e. The number of nitrogens with zero attached hydrogens (tertiary/aromatic N) is 1. The van der Waals surface area contributed by atoms with E-state index in [1.54, 1.807) is 12.2 Å². The van der Waals surface area contributed by atoms with Gasteiger partial charge in [0.25, 0.3) is 5.69 Å². The Hall–Kier alpha value is -2.41. The van der Waals surface area contributed by atoms with Crippen LogP contribution in [0.1, 0.15) is 6.42 Å². The highest BCUT2D eigenvalue weighted by Crippen LogP contribution is 2.29. The number of amides is 1. The van der Waals surface area contributed by atoms with Gasteiger partial charge in [0.2, 0.25) is 5.91 Å². The molecule has 7 heteroatoms. The molecule has 4 N–H and O–H groups in total. The summed E-state index contributed by atoms with van der Waals surface area (Å²) in [6.45, 7) is 0. The smallest absolute Gasteiger partial charge is 0.271 e. The van der Waals surface area contributed by atoms with Crippen LogP contribution in [-0.2, 0) is 4.79 Å². The maximum absolute atomic E-state index is 11.9. The zero-order valence-corrected chi connectivity index (χ0v) is 9.95. The van der Waals surface area contributed by atoms with E-state index in [1.807, 2.05) is 0 Å². The number of phenols is 1. The molecule has 2 rings (SSSR count). The van der Waals surface area contributed by atoms with Gasteiger partial charge in [-0.2, -0.15) is 0 Å². The summed E-state index contributed by atoms with van der Waals surface area (Å²) in [6, 6.07) is 3.29. The molecule has 2 unspecified atom stereocenters. The normalized spacial score (nSPS) is 21.3. The largest absolute Gasteiger partial charge is 0.506 e. The van der Waals surface area contributed by atoms with Crippen LogP contribution in [0.4, 0.5) is 11.4 Å². The van der Waals surface area contributed by atoms with Gasteiger partial charge in [0, 0.05) is 18.2 Å². The molecule has 1 amide bonds. The van der Waals surface area contributed by atoms with Crippen molar-refractivity contribution >= 4 is 17.3 Å². The van der Waals surface area contributed by atoms with E-state index >= 15 is 0 Å². The summed E-state index contributed by atoms with van der Waals surface area (Å²) < 4.78 is 0. The summed E-state index contributed by atoms with van der Waals surface area (Å²) in [5.41, 5.74) is 5.46. The number of hydrogen-bond donors (Lipinski definition) is 3. The van der Waals surface area contributed by atoms with Crippen LogP contribution in [0.5, 0.6) is 5.75 Å². The van der Waals surface area contributed by atoms with Gasteiger partial charge in [0.1, 0.15) is 5.75 Å². The van der Waals surface area contributed by atoms with Gasteiger partial charge in [-0.15, -0.1) is 0 Å². The molecule has 7 nitrogen and oxygen atoms in total. The van der Waals surface area contributed by atoms with Crippen molar-refractivity contribution in [3.63, 3.8) is 0 Å². The number of phenolic OH excluding ortho intramolecular Hbond substituents is 1. The average molecular weight is 263 g/mol. The van der Waals surface area contributed by atoms with Crippen molar-refractivity contribution < 1.29 is 14.8 Å². The van der Waals surface area contributed by atoms with Crippen molar-refractivity contribution in [1.82, 2.24) is 0 Å². The molecular weight excluding hydrogens is 250 g/mol. The summed E-state index contributed by atoms with van der Waals surface area (Å²) in [5.74, 6) is -0.945. The van der Waals surface area contributed by atoms with Crippen molar-refractivity contribution in [2.75, 3.05) is 5.32 Å². The van der Waals surface area contributed by atoms with Crippen molar-refractivity contribution in [1.29, 1.82) is 0 Å². The average Bonchev–Trinajstić information content (AvgIpc) is 2.78. The maximum Gasteiger partial charge on any atom is 0.271 e. The van der Waals surface area contributed by atoms with Gasteiger partial charge >= 0.3 is 0 Å². The lowest BCUT2D eigenvalue weighted by Crippen LogP contribution is -2.24. The Kier molecular flexibility index (Phi) is 3.48. The van der Waals surface area contributed by atoms with Gasteiger partial charge in [-0.25, -0.2) is 0 Å². The number of carbonyl (C=O) groups is 1. The highest BCUT2D eigenvalue weighted by molar-refractivity contribution is 5.95. The molecular formula is C12H13N3O4. The van der Waals surface area contributed by atoms with Gasteiger partial charge < -0.3 is 16.2 Å². The van der Waals surface area contributed by atoms with E-state index in [-0.39, 0.29) is 35.0 Å². The SMILES string of the molecule is NC1C=CC(C(=O)Nc2cc([N+](=O)[O-])ccc2O)C1. The molecule has 0 radical (unpaired) electrons. The molecule has 0 aliphatic heterocycles. The molecule has 0 bridgehead atoms. The monoisotopic (exact) mass is 263 g/mol. The summed E-state index contributed by atoms with van der Waals surface area (Å²) in [6.07, 6.45) is 3.91. The second-order valence-electron chi connectivity index (χ2n) is 4.34. The molecule has 0 spiro atoms. The molecule has 1 aliphatic rings. The van der Waals surface area contributed by atoms with Crippen molar-refractivity contribution in [2.24, 2.45) is 11.7 Å². The fourth-order valence-electron chi connectivity index (χ4n) is 1.88. The predicted octanol–water partition coefficient (Wildman–Crippen LogP) is 1.14. The van der Waals surface area contributed by atoms with Crippen LogP contribution in [0.2, 0.25) is 0 Å². The predicted molar refractivity (Wildman–Crippen MR) is 68.6 cm³/mol. The van der Waals surface area contributed by atoms with E-state index in [9.17, 15) is 20.0 Å². The number of carbonyl (C=O) groups excluding carboxylic acids is 1. The quantitative estimate of drug-likeness (QED) is 0.327. The lowest BCUT2D eigenvalue weighted by molar-refractivity contribution is -0.384. The van der Waals surface area contributed by atoms with Crippen LogP contribution in [0.3, 0.4) is 0 Å². The second-order valence-corrected chi connectivity index (χ2v) is 4.34. The Labute approximate surface area is 108 Å². The van der Waals surface area contributed by atoms with Crippen LogP contribution in [0.25, 0.3) is 0 Å². The van der Waals surface area contributed by atoms with Gasteiger partial charge in [0.05, 0.1) is 16.5 Å². The topological polar surface area (TPSA) is 118 Å². The molecule has 1 aromatic carbocycles. The molecule has 0 heterocycles. The number of nitro benzene ring substituents is 1. The number of anilines is 1. The van der Waals surface area contributed by atoms with Crippen LogP contribution in [0, 0.1) is 16.0 Å². The number of nitro groups is 1. The Balaban J connectivity index is 2.14. The van der Waals surface area contributed by atoms with E-state index < -0.39 is 4.92 Å². The lowest BCUT2D eigenvalue weighted by Gasteiger charge is -2.11. The zero-order valence-electron chi connectivity index (χ0n) is 9.95. The number of nitrogens with one attached hydrogen (secondary N) is 1. The third-order valence-corrected chi connectivity index (χ3v) is 2.90. The highest BCUT2D eigenvalue weighted by Gasteiger charge is 2.23. The fraction of sp³-hybridized carbons (Fsp3) is 0.250. The highest BCUT2D eigenvalue weighted by atomic mass is 16.6. The number of aromatic hydroxyl groups is 1. The molecule has 1 aromatic rings. The number of rotatable bonds is 3. The van der Waals surface area contributed by atoms with Gasteiger partial charge in [-0.05, 0) is 12.5 Å². The Morgan fingerprint density at radius 2 is 2.21 bits per heavy atom. The van der Waals surface area contributed by atoms with Gasteiger partial charge in [-0.1, -0.05) is 12.2 Å². The molecule has 0 aromatic heterocycles. The molecule has 100 valence electrons. The lowest BCUT2D eigenvalue weighted by atomic mass is 10.1. The third-order valence-electron chi connectivity index (χ3n) is 2.90. The summed E-state index contributed by atoms with van der Waals surface area (Å²) >= 11 is 0. The second kappa shape index (κ2) is 5.07. The first-order valence-corrected chi connectivity index (χ1v) is 5.69. The molecule has 0 saturated heterocycles. The molecule has 0 saturated carbocycles. The van der Waals surface area contributed by atoms with E-state index in [4.69, 9.17) is 5.73 Å². The molecule has 2 atom stereocenters. The fourth-order valence-corrected chi connectivity index (χ4v) is 1.88. The van der Waals surface area contributed by atoms with Crippen molar-refractivity contribution in [3.05, 3.63) is 40.5 Å². The number of nitrogens with two attached hydrogens (primary N) is 1. The van der Waals surface area contributed by atoms with Crippen LogP contribution >= 0.6 is 0 Å². The standard InChI is InChI=1S/C12H13N3O4/c13-8-2-1-7(5-8)12(17)14-10-6-9(15(18)19)3-4-11(10)16/h1-4,6-8,16H,5,13H2,(H,14,17). The third kappa shape index (κ3) is 2.89. The number of hydrogen-bond acceptors (Lipinski definition) is 5. The first kappa shape index (κ1) is 13.0. The summed E-state index contributed by atoms with van der Waals surface area (Å²) in [7, 11) is 0. The summed E-state index contributed by atoms with van der Waals surface area (Å²) in [5, 5.41) is 22.7. The van der Waals surface area contributed by atoms with E-state index in [0.717, 1.165) is 12.1 Å². The summed E-state index contributed by atoms with van der Waals surface area (Å²) in [4.78, 5) is 21.9. The van der Waals surface area contributed by atoms with Crippen LogP contribution in [-0.4, -0.2) is 22.0 Å². The van der Waals surface area contributed by atoms with E-state index in [2.05, 4.69) is 5.32 Å². The minimum absolute atomic E-state index is 0.0214. The van der Waals surface area contributed by atoms with E-state index in [0.29, 0.717) is 6.42 Å². The Bertz CT molecular complexity index is 556.